The van der Waals surface area contributed by atoms with Gasteiger partial charge in [0.2, 0.25) is 0 Å². The van der Waals surface area contributed by atoms with Gasteiger partial charge in [-0.05, 0) is 0 Å². The van der Waals surface area contributed by atoms with E-state index in [1.54, 1.807) is 14.2 Å². The Labute approximate surface area is 93.8 Å². The average Bonchev–Trinajstić information content (AvgIpc) is 2.63. The summed E-state index contributed by atoms with van der Waals surface area (Å²) in [4.78, 5) is 11.6. The number of ketones is 1. The molecule has 1 aliphatic carbocycles. The van der Waals surface area contributed by atoms with Gasteiger partial charge in [0.1, 0.15) is 6.61 Å². The second-order valence-corrected chi connectivity index (χ2v) is 4.50. The lowest BCUT2D eigenvalue weighted by atomic mass is 9.81. The molecule has 0 aromatic heterocycles. The Balaban J connectivity index is 2.19. The van der Waals surface area contributed by atoms with Crippen LogP contribution >= 0.6 is 11.6 Å². The predicted molar refractivity (Wildman–Crippen MR) is 54.1 cm³/mol. The topological polar surface area (TPSA) is 44.8 Å². The molecule has 1 saturated heterocycles. The number of halogens is 1. The van der Waals surface area contributed by atoms with Gasteiger partial charge in [-0.2, -0.15) is 0 Å². The molecular weight excluding hydrogens is 220 g/mol. The molecule has 0 aromatic carbocycles. The summed E-state index contributed by atoms with van der Waals surface area (Å²) in [6.07, 6.45) is 0.147. The van der Waals surface area contributed by atoms with E-state index in [1.807, 2.05) is 0 Å². The van der Waals surface area contributed by atoms with Crippen molar-refractivity contribution < 1.29 is 19.0 Å². The van der Waals surface area contributed by atoms with Gasteiger partial charge in [0.15, 0.2) is 5.78 Å². The van der Waals surface area contributed by atoms with E-state index in [9.17, 15) is 4.79 Å². The maximum Gasteiger partial charge on any atom is 0.166 e. The second kappa shape index (κ2) is 4.37. The number of hydrogen-bond donors (Lipinski definition) is 0. The van der Waals surface area contributed by atoms with E-state index in [-0.39, 0.29) is 42.0 Å². The van der Waals surface area contributed by atoms with E-state index in [0.29, 0.717) is 6.42 Å². The number of fused-ring (bicyclic) bond motifs is 1. The zero-order chi connectivity index (χ0) is 11.0. The van der Waals surface area contributed by atoms with E-state index in [2.05, 4.69) is 0 Å². The van der Waals surface area contributed by atoms with Crippen molar-refractivity contribution in [1.29, 1.82) is 0 Å². The van der Waals surface area contributed by atoms with Gasteiger partial charge in [-0.15, -0.1) is 11.6 Å². The maximum absolute atomic E-state index is 11.6. The molecule has 0 spiro atoms. The molecular formula is C10H15ClO4. The van der Waals surface area contributed by atoms with Crippen LogP contribution in [0.4, 0.5) is 0 Å². The summed E-state index contributed by atoms with van der Waals surface area (Å²) in [5, 5.41) is -0.266. The minimum absolute atomic E-state index is 0.0899. The monoisotopic (exact) mass is 234 g/mol. The van der Waals surface area contributed by atoms with Crippen LogP contribution in [0.15, 0.2) is 0 Å². The van der Waals surface area contributed by atoms with Crippen LogP contribution in [0.25, 0.3) is 0 Å². The van der Waals surface area contributed by atoms with Gasteiger partial charge in [-0.25, -0.2) is 0 Å². The first-order valence-electron chi connectivity index (χ1n) is 5.03. The minimum atomic E-state index is -0.266. The molecule has 0 bridgehead atoms. The quantitative estimate of drug-likeness (QED) is 0.657. The van der Waals surface area contributed by atoms with Crippen molar-refractivity contribution in [2.75, 3.05) is 20.8 Å². The van der Waals surface area contributed by atoms with Crippen LogP contribution in [0.2, 0.25) is 0 Å². The summed E-state index contributed by atoms with van der Waals surface area (Å²) < 4.78 is 16.0. The number of carbonyl (C=O) groups is 1. The minimum Gasteiger partial charge on any atom is -0.380 e. The molecule has 2 aliphatic rings. The fraction of sp³-hybridized carbons (Fsp3) is 0.900. The second-order valence-electron chi connectivity index (χ2n) is 4.00. The van der Waals surface area contributed by atoms with E-state index in [4.69, 9.17) is 25.8 Å². The van der Waals surface area contributed by atoms with Crippen molar-refractivity contribution in [3.05, 3.63) is 0 Å². The van der Waals surface area contributed by atoms with Crippen molar-refractivity contribution in [1.82, 2.24) is 0 Å². The molecule has 4 nitrogen and oxygen atoms in total. The number of methoxy groups -OCH3 is 2. The first kappa shape index (κ1) is 11.3. The summed E-state index contributed by atoms with van der Waals surface area (Å²) in [6.45, 7) is 0.148. The molecule has 5 atom stereocenters. The lowest BCUT2D eigenvalue weighted by Crippen LogP contribution is -2.51. The molecule has 1 saturated carbocycles. The van der Waals surface area contributed by atoms with Crippen LogP contribution in [-0.2, 0) is 19.0 Å². The Morgan fingerprint density at radius 1 is 1.33 bits per heavy atom. The first-order chi connectivity index (χ1) is 7.19. The molecule has 1 heterocycles. The summed E-state index contributed by atoms with van der Waals surface area (Å²) in [7, 11) is 3.22. The number of rotatable bonds is 2. The fourth-order valence-corrected chi connectivity index (χ4v) is 2.89. The molecule has 1 aliphatic heterocycles. The molecule has 0 unspecified atom stereocenters. The van der Waals surface area contributed by atoms with E-state index in [0.717, 1.165) is 0 Å². The molecule has 2 fully saturated rings. The Morgan fingerprint density at radius 2 is 2.00 bits per heavy atom. The average molecular weight is 235 g/mol. The third-order valence-corrected chi connectivity index (χ3v) is 3.81. The maximum atomic E-state index is 11.6. The van der Waals surface area contributed by atoms with Crippen molar-refractivity contribution in [3.8, 4) is 0 Å². The van der Waals surface area contributed by atoms with Gasteiger partial charge in [0, 0.05) is 20.6 Å². The van der Waals surface area contributed by atoms with E-state index in [1.165, 1.54) is 0 Å². The van der Waals surface area contributed by atoms with Crippen LogP contribution < -0.4 is 0 Å². The van der Waals surface area contributed by atoms with Gasteiger partial charge >= 0.3 is 0 Å². The van der Waals surface area contributed by atoms with Crippen molar-refractivity contribution in [3.63, 3.8) is 0 Å². The molecule has 0 amide bonds. The Morgan fingerprint density at radius 3 is 2.60 bits per heavy atom. The number of Topliss-reactive ketones (excluding diaryl/α,β-unsaturated/α-hetero) is 1. The van der Waals surface area contributed by atoms with Crippen LogP contribution in [0.3, 0.4) is 0 Å². The number of hydrogen-bond acceptors (Lipinski definition) is 4. The fourth-order valence-electron chi connectivity index (χ4n) is 2.46. The zero-order valence-corrected chi connectivity index (χ0v) is 9.57. The molecule has 86 valence electrons. The van der Waals surface area contributed by atoms with Crippen LogP contribution in [0.1, 0.15) is 6.42 Å². The summed E-state index contributed by atoms with van der Waals surface area (Å²) in [5.74, 6) is -0.129. The molecule has 15 heavy (non-hydrogen) atoms. The van der Waals surface area contributed by atoms with Crippen molar-refractivity contribution in [2.45, 2.75) is 30.1 Å². The van der Waals surface area contributed by atoms with Crippen LogP contribution in [0.5, 0.6) is 0 Å². The van der Waals surface area contributed by atoms with Gasteiger partial charge in [-0.3, -0.25) is 4.79 Å². The highest BCUT2D eigenvalue weighted by molar-refractivity contribution is 6.22. The largest absolute Gasteiger partial charge is 0.380 e. The highest BCUT2D eigenvalue weighted by Gasteiger charge is 2.51. The van der Waals surface area contributed by atoms with Gasteiger partial charge < -0.3 is 14.2 Å². The van der Waals surface area contributed by atoms with Crippen molar-refractivity contribution >= 4 is 17.4 Å². The third kappa shape index (κ3) is 1.80. The Hall–Kier alpha value is -0.160. The summed E-state index contributed by atoms with van der Waals surface area (Å²) >= 11 is 6.21. The lowest BCUT2D eigenvalue weighted by Gasteiger charge is -2.38. The first-order valence-corrected chi connectivity index (χ1v) is 5.46. The van der Waals surface area contributed by atoms with Gasteiger partial charge in [0.25, 0.3) is 0 Å². The molecule has 0 aromatic rings. The van der Waals surface area contributed by atoms with Crippen molar-refractivity contribution in [2.24, 2.45) is 5.92 Å². The van der Waals surface area contributed by atoms with E-state index >= 15 is 0 Å². The number of alkyl halides is 1. The molecule has 2 rings (SSSR count). The van der Waals surface area contributed by atoms with Gasteiger partial charge in [0.05, 0.1) is 29.6 Å². The zero-order valence-electron chi connectivity index (χ0n) is 8.81. The lowest BCUT2D eigenvalue weighted by molar-refractivity contribution is -0.127. The standard InChI is InChI=1S/C10H15ClO4/c1-13-6-3-7(14-2)9(11)10-8(6)5(12)4-15-10/h6-10H,3-4H2,1-2H3/t6-,7-,8-,9+,10+/m1/s1. The Kier molecular flexibility index (Phi) is 3.30. The predicted octanol–water partition coefficient (Wildman–Crippen LogP) is 0.612. The number of carbonyl (C=O) groups excluding carboxylic acids is 1. The highest BCUT2D eigenvalue weighted by Crippen LogP contribution is 2.37. The smallest absolute Gasteiger partial charge is 0.166 e. The molecule has 0 radical (unpaired) electrons. The molecule has 0 N–H and O–H groups in total. The number of ether oxygens (including phenoxy) is 3. The SMILES string of the molecule is CO[C@@H]1C[C@@H](OC)[C@H]2C(=O)CO[C@@H]2[C@H]1Cl. The highest BCUT2D eigenvalue weighted by atomic mass is 35.5. The Bertz CT molecular complexity index is 258. The van der Waals surface area contributed by atoms with Crippen LogP contribution in [0, 0.1) is 5.92 Å². The normalized spacial score (nSPS) is 45.5. The van der Waals surface area contributed by atoms with E-state index < -0.39 is 0 Å². The third-order valence-electron chi connectivity index (χ3n) is 3.28. The summed E-state index contributed by atoms with van der Waals surface area (Å²) in [5.41, 5.74) is 0. The summed E-state index contributed by atoms with van der Waals surface area (Å²) in [6, 6.07) is 0. The van der Waals surface area contributed by atoms with Crippen LogP contribution in [-0.4, -0.2) is 50.3 Å². The van der Waals surface area contributed by atoms with Gasteiger partial charge in [-0.1, -0.05) is 0 Å². The molecule has 5 heteroatoms.